The van der Waals surface area contributed by atoms with E-state index >= 15 is 0 Å². The summed E-state index contributed by atoms with van der Waals surface area (Å²) in [5.74, 6) is 1.28. The number of aromatic nitrogens is 2. The minimum Gasteiger partial charge on any atom is -0.421 e. The first kappa shape index (κ1) is 14.2. The number of hydrogen-bond acceptors (Lipinski definition) is 4. The molecule has 0 aliphatic rings. The lowest BCUT2D eigenvalue weighted by Crippen LogP contribution is -2.23. The highest BCUT2D eigenvalue weighted by molar-refractivity contribution is 9.10. The summed E-state index contributed by atoms with van der Waals surface area (Å²) in [4.78, 5) is 0. The van der Waals surface area contributed by atoms with E-state index < -0.39 is 0 Å². The van der Waals surface area contributed by atoms with Gasteiger partial charge in [0, 0.05) is 22.5 Å². The second kappa shape index (κ2) is 6.82. The Morgan fingerprint density at radius 2 is 1.95 bits per heavy atom. The molecule has 4 nitrogen and oxygen atoms in total. The van der Waals surface area contributed by atoms with Crippen LogP contribution in [0.15, 0.2) is 33.2 Å². The second-order valence-electron chi connectivity index (χ2n) is 4.72. The first-order chi connectivity index (χ1) is 9.15. The molecule has 102 valence electrons. The topological polar surface area (TPSA) is 51.0 Å². The van der Waals surface area contributed by atoms with E-state index in [2.05, 4.69) is 45.3 Å². The van der Waals surface area contributed by atoms with Crippen LogP contribution in [-0.2, 0) is 6.42 Å². The van der Waals surface area contributed by atoms with Crippen molar-refractivity contribution in [3.8, 4) is 11.5 Å². The van der Waals surface area contributed by atoms with Crippen LogP contribution in [0.5, 0.6) is 0 Å². The van der Waals surface area contributed by atoms with Gasteiger partial charge in [-0.3, -0.25) is 0 Å². The average molecular weight is 324 g/mol. The quantitative estimate of drug-likeness (QED) is 0.827. The smallest absolute Gasteiger partial charge is 0.247 e. The van der Waals surface area contributed by atoms with Gasteiger partial charge in [0.15, 0.2) is 0 Å². The van der Waals surface area contributed by atoms with Crippen molar-refractivity contribution in [1.82, 2.24) is 15.5 Å². The van der Waals surface area contributed by atoms with E-state index in [1.54, 1.807) is 0 Å². The molecule has 0 aliphatic heterocycles. The van der Waals surface area contributed by atoms with Crippen molar-refractivity contribution in [1.29, 1.82) is 0 Å². The summed E-state index contributed by atoms with van der Waals surface area (Å²) in [5, 5.41) is 11.5. The molecule has 0 spiro atoms. The lowest BCUT2D eigenvalue weighted by Gasteiger charge is -2.05. The third-order valence-electron chi connectivity index (χ3n) is 2.68. The number of nitrogens with one attached hydrogen (secondary N) is 1. The van der Waals surface area contributed by atoms with Gasteiger partial charge >= 0.3 is 0 Å². The Morgan fingerprint density at radius 3 is 2.63 bits per heavy atom. The Morgan fingerprint density at radius 1 is 1.21 bits per heavy atom. The van der Waals surface area contributed by atoms with Crippen molar-refractivity contribution >= 4 is 15.9 Å². The average Bonchev–Trinajstić information content (AvgIpc) is 2.84. The zero-order valence-electron chi connectivity index (χ0n) is 11.2. The van der Waals surface area contributed by atoms with Crippen LogP contribution >= 0.6 is 15.9 Å². The Bertz CT molecular complexity index is 508. The molecule has 0 fully saturated rings. The molecule has 0 bridgehead atoms. The fraction of sp³-hybridized carbons (Fsp3) is 0.429. The first-order valence-corrected chi connectivity index (χ1v) is 7.26. The van der Waals surface area contributed by atoms with Gasteiger partial charge in [0.2, 0.25) is 11.8 Å². The van der Waals surface area contributed by atoms with Gasteiger partial charge in [-0.15, -0.1) is 10.2 Å². The molecular weight excluding hydrogens is 306 g/mol. The van der Waals surface area contributed by atoms with Crippen LogP contribution in [0.25, 0.3) is 11.5 Å². The molecule has 0 radical (unpaired) electrons. The molecule has 0 saturated carbocycles. The van der Waals surface area contributed by atoms with Crippen molar-refractivity contribution in [3.05, 3.63) is 34.6 Å². The Balaban J connectivity index is 1.90. The highest BCUT2D eigenvalue weighted by Gasteiger charge is 2.08. The van der Waals surface area contributed by atoms with E-state index in [1.807, 2.05) is 24.3 Å². The van der Waals surface area contributed by atoms with Crippen LogP contribution in [-0.4, -0.2) is 22.8 Å². The molecule has 2 rings (SSSR count). The normalized spacial score (nSPS) is 11.2. The van der Waals surface area contributed by atoms with Crippen LogP contribution in [0.2, 0.25) is 0 Å². The number of nitrogens with zero attached hydrogens (tertiary/aromatic N) is 2. The van der Waals surface area contributed by atoms with Crippen molar-refractivity contribution in [2.45, 2.75) is 32.7 Å². The summed E-state index contributed by atoms with van der Waals surface area (Å²) in [5.41, 5.74) is 0.947. The van der Waals surface area contributed by atoms with Gasteiger partial charge in [-0.25, -0.2) is 0 Å². The molecule has 1 aromatic carbocycles. The zero-order valence-corrected chi connectivity index (χ0v) is 12.8. The van der Waals surface area contributed by atoms with Crippen molar-refractivity contribution < 1.29 is 4.42 Å². The minimum atomic E-state index is 0.515. The molecule has 0 atom stereocenters. The number of halogens is 1. The molecule has 1 heterocycles. The second-order valence-corrected chi connectivity index (χ2v) is 5.64. The van der Waals surface area contributed by atoms with Gasteiger partial charge in [0.05, 0.1) is 0 Å². The molecular formula is C14H18BrN3O. The molecule has 2 aromatic rings. The van der Waals surface area contributed by atoms with Gasteiger partial charge < -0.3 is 9.73 Å². The minimum absolute atomic E-state index is 0.515. The van der Waals surface area contributed by atoms with Gasteiger partial charge in [-0.05, 0) is 37.2 Å². The highest BCUT2D eigenvalue weighted by atomic mass is 79.9. The summed E-state index contributed by atoms with van der Waals surface area (Å²) in [6.07, 6.45) is 1.81. The Labute approximate surface area is 121 Å². The number of rotatable bonds is 6. The van der Waals surface area contributed by atoms with E-state index in [-0.39, 0.29) is 0 Å². The van der Waals surface area contributed by atoms with Crippen LogP contribution in [0, 0.1) is 0 Å². The Hall–Kier alpha value is -1.20. The fourth-order valence-electron chi connectivity index (χ4n) is 1.69. The van der Waals surface area contributed by atoms with Crippen LogP contribution in [0.1, 0.15) is 26.2 Å². The molecule has 0 aliphatic carbocycles. The van der Waals surface area contributed by atoms with Crippen LogP contribution in [0.4, 0.5) is 0 Å². The third kappa shape index (κ3) is 4.44. The first-order valence-electron chi connectivity index (χ1n) is 6.47. The lowest BCUT2D eigenvalue weighted by molar-refractivity contribution is 0.484. The van der Waals surface area contributed by atoms with E-state index in [9.17, 15) is 0 Å². The summed E-state index contributed by atoms with van der Waals surface area (Å²) in [6, 6.07) is 8.36. The van der Waals surface area contributed by atoms with Gasteiger partial charge in [0.25, 0.3) is 0 Å². The van der Waals surface area contributed by atoms with Crippen molar-refractivity contribution in [2.75, 3.05) is 6.54 Å². The molecule has 1 aromatic heterocycles. The molecule has 19 heavy (non-hydrogen) atoms. The fourth-order valence-corrected chi connectivity index (χ4v) is 1.96. The molecule has 5 heteroatoms. The number of hydrogen-bond donors (Lipinski definition) is 1. The van der Waals surface area contributed by atoms with Gasteiger partial charge in [-0.1, -0.05) is 29.8 Å². The number of benzene rings is 1. The van der Waals surface area contributed by atoms with Crippen LogP contribution < -0.4 is 5.32 Å². The maximum absolute atomic E-state index is 5.65. The van der Waals surface area contributed by atoms with E-state index in [1.165, 1.54) is 0 Å². The monoisotopic (exact) mass is 323 g/mol. The maximum atomic E-state index is 5.65. The largest absolute Gasteiger partial charge is 0.421 e. The SMILES string of the molecule is CC(C)NCCCc1nnc(-c2ccc(Br)cc2)o1. The van der Waals surface area contributed by atoms with Crippen LogP contribution in [0.3, 0.4) is 0 Å². The van der Waals surface area contributed by atoms with E-state index in [4.69, 9.17) is 4.42 Å². The maximum Gasteiger partial charge on any atom is 0.247 e. The standard InChI is InChI=1S/C14H18BrN3O/c1-10(2)16-9-3-4-13-17-18-14(19-13)11-5-7-12(15)8-6-11/h5-8,10,16H,3-4,9H2,1-2H3. The molecule has 1 N–H and O–H groups in total. The van der Waals surface area contributed by atoms with Gasteiger partial charge in [-0.2, -0.15) is 0 Å². The number of aryl methyl sites for hydroxylation is 1. The van der Waals surface area contributed by atoms with Gasteiger partial charge in [0.1, 0.15) is 0 Å². The third-order valence-corrected chi connectivity index (χ3v) is 3.21. The molecule has 0 saturated heterocycles. The summed E-state index contributed by atoms with van der Waals surface area (Å²) in [6.45, 7) is 5.24. The summed E-state index contributed by atoms with van der Waals surface area (Å²) in [7, 11) is 0. The van der Waals surface area contributed by atoms with Crippen molar-refractivity contribution in [3.63, 3.8) is 0 Å². The predicted molar refractivity (Wildman–Crippen MR) is 78.9 cm³/mol. The molecule has 0 unspecified atom stereocenters. The highest BCUT2D eigenvalue weighted by Crippen LogP contribution is 2.20. The predicted octanol–water partition coefficient (Wildman–Crippen LogP) is 3.43. The summed E-state index contributed by atoms with van der Waals surface area (Å²) >= 11 is 3.40. The molecule has 0 amide bonds. The van der Waals surface area contributed by atoms with E-state index in [0.717, 1.165) is 29.4 Å². The Kier molecular flexibility index (Phi) is 5.10. The van der Waals surface area contributed by atoms with E-state index in [0.29, 0.717) is 17.8 Å². The zero-order chi connectivity index (χ0) is 13.7. The summed E-state index contributed by atoms with van der Waals surface area (Å²) < 4.78 is 6.69. The van der Waals surface area contributed by atoms with Crippen molar-refractivity contribution in [2.24, 2.45) is 0 Å². The lowest BCUT2D eigenvalue weighted by atomic mass is 10.2.